The van der Waals surface area contributed by atoms with Crippen molar-refractivity contribution in [1.29, 1.82) is 0 Å². The molecule has 3 N–H and O–H groups in total. The van der Waals surface area contributed by atoms with Crippen molar-refractivity contribution >= 4 is 12.0 Å². The maximum atomic E-state index is 12.9. The molecule has 1 fully saturated rings. The highest BCUT2D eigenvalue weighted by molar-refractivity contribution is 5.74. The van der Waals surface area contributed by atoms with Crippen LogP contribution in [0, 0.1) is 0 Å². The summed E-state index contributed by atoms with van der Waals surface area (Å²) in [6, 6.07) is -0.639. The van der Waals surface area contributed by atoms with Crippen molar-refractivity contribution in [3.8, 4) is 0 Å². The number of alkyl halides is 2. The van der Waals surface area contributed by atoms with Gasteiger partial charge >= 0.3 is 12.0 Å². The van der Waals surface area contributed by atoms with Crippen LogP contribution in [0.4, 0.5) is 13.6 Å². The van der Waals surface area contributed by atoms with Crippen molar-refractivity contribution in [2.45, 2.75) is 50.5 Å². The van der Waals surface area contributed by atoms with Crippen molar-refractivity contribution in [3.05, 3.63) is 0 Å². The molecule has 2 amide bonds. The molecular formula is C11H18F2N2O3. The van der Waals surface area contributed by atoms with Crippen molar-refractivity contribution < 1.29 is 23.5 Å². The van der Waals surface area contributed by atoms with E-state index >= 15 is 0 Å². The van der Waals surface area contributed by atoms with Gasteiger partial charge in [0.2, 0.25) is 5.92 Å². The third-order valence-electron chi connectivity index (χ3n) is 2.91. The lowest BCUT2D eigenvalue weighted by molar-refractivity contribution is -0.137. The highest BCUT2D eigenvalue weighted by atomic mass is 19.3. The molecule has 0 aromatic heterocycles. The molecule has 1 saturated carbocycles. The SMILES string of the molecule is O=C(O)CCCNC(=O)NC1CCC(F)(F)CC1. The number of carbonyl (C=O) groups excluding carboxylic acids is 1. The fraction of sp³-hybridized carbons (Fsp3) is 0.818. The number of rotatable bonds is 5. The van der Waals surface area contributed by atoms with Crippen LogP contribution in [0.3, 0.4) is 0 Å². The van der Waals surface area contributed by atoms with Crippen LogP contribution in [0.5, 0.6) is 0 Å². The zero-order chi connectivity index (χ0) is 13.6. The molecule has 7 heteroatoms. The van der Waals surface area contributed by atoms with E-state index in [1.54, 1.807) is 0 Å². The number of hydrogen-bond donors (Lipinski definition) is 3. The lowest BCUT2D eigenvalue weighted by Crippen LogP contribution is -2.45. The minimum atomic E-state index is -2.60. The van der Waals surface area contributed by atoms with Gasteiger partial charge in [0, 0.05) is 31.8 Å². The first-order chi connectivity index (χ1) is 8.39. The molecule has 0 aromatic rings. The van der Waals surface area contributed by atoms with Crippen molar-refractivity contribution in [3.63, 3.8) is 0 Å². The lowest BCUT2D eigenvalue weighted by atomic mass is 9.92. The van der Waals surface area contributed by atoms with E-state index < -0.39 is 17.9 Å². The molecule has 1 rings (SSSR count). The first-order valence-corrected chi connectivity index (χ1v) is 6.03. The van der Waals surface area contributed by atoms with E-state index in [9.17, 15) is 18.4 Å². The Hall–Kier alpha value is -1.40. The van der Waals surface area contributed by atoms with Gasteiger partial charge in [-0.05, 0) is 19.3 Å². The highest BCUT2D eigenvalue weighted by Gasteiger charge is 2.35. The lowest BCUT2D eigenvalue weighted by Gasteiger charge is -2.28. The second kappa shape index (κ2) is 6.51. The molecule has 0 bridgehead atoms. The van der Waals surface area contributed by atoms with Crippen LogP contribution in [0.25, 0.3) is 0 Å². The molecule has 0 radical (unpaired) electrons. The van der Waals surface area contributed by atoms with E-state index in [1.807, 2.05) is 0 Å². The molecule has 18 heavy (non-hydrogen) atoms. The van der Waals surface area contributed by atoms with E-state index in [0.29, 0.717) is 6.42 Å². The quantitative estimate of drug-likeness (QED) is 0.662. The van der Waals surface area contributed by atoms with Crippen LogP contribution in [-0.2, 0) is 4.79 Å². The van der Waals surface area contributed by atoms with Gasteiger partial charge in [0.15, 0.2) is 0 Å². The Labute approximate surface area is 104 Å². The topological polar surface area (TPSA) is 78.4 Å². The number of carboxylic acid groups (broad SMARTS) is 1. The number of amides is 2. The Balaban J connectivity index is 2.11. The molecule has 0 spiro atoms. The van der Waals surface area contributed by atoms with Gasteiger partial charge in [-0.25, -0.2) is 13.6 Å². The summed E-state index contributed by atoms with van der Waals surface area (Å²) in [6.07, 6.45) is 0.500. The molecule has 0 aromatic carbocycles. The first kappa shape index (κ1) is 14.7. The fourth-order valence-electron chi connectivity index (χ4n) is 1.86. The number of nitrogens with one attached hydrogen (secondary N) is 2. The molecule has 104 valence electrons. The summed E-state index contributed by atoms with van der Waals surface area (Å²) < 4.78 is 25.7. The number of halogens is 2. The first-order valence-electron chi connectivity index (χ1n) is 6.03. The van der Waals surface area contributed by atoms with Crippen LogP contribution in [-0.4, -0.2) is 35.6 Å². The smallest absolute Gasteiger partial charge is 0.315 e. The predicted molar refractivity (Wildman–Crippen MR) is 60.6 cm³/mol. The van der Waals surface area contributed by atoms with E-state index in [1.165, 1.54) is 0 Å². The summed E-state index contributed by atoms with van der Waals surface area (Å²) >= 11 is 0. The van der Waals surface area contributed by atoms with Crippen molar-refractivity contribution in [1.82, 2.24) is 10.6 Å². The Morgan fingerprint density at radius 1 is 1.28 bits per heavy atom. The number of urea groups is 1. The number of hydrogen-bond acceptors (Lipinski definition) is 2. The fourth-order valence-corrected chi connectivity index (χ4v) is 1.86. The van der Waals surface area contributed by atoms with Crippen LogP contribution in [0.1, 0.15) is 38.5 Å². The van der Waals surface area contributed by atoms with Crippen LogP contribution >= 0.6 is 0 Å². The maximum absolute atomic E-state index is 12.9. The third kappa shape index (κ3) is 5.79. The van der Waals surface area contributed by atoms with Gasteiger partial charge in [-0.1, -0.05) is 0 Å². The Morgan fingerprint density at radius 3 is 2.44 bits per heavy atom. The Bertz CT molecular complexity index is 301. The second-order valence-electron chi connectivity index (χ2n) is 4.53. The maximum Gasteiger partial charge on any atom is 0.315 e. The monoisotopic (exact) mass is 264 g/mol. The largest absolute Gasteiger partial charge is 0.481 e. The summed E-state index contributed by atoms with van der Waals surface area (Å²) in [6.45, 7) is 0.265. The Kier molecular flexibility index (Phi) is 5.30. The van der Waals surface area contributed by atoms with Crippen LogP contribution < -0.4 is 10.6 Å². The van der Waals surface area contributed by atoms with Gasteiger partial charge in [0.1, 0.15) is 0 Å². The van der Waals surface area contributed by atoms with Crippen LogP contribution in [0.15, 0.2) is 0 Å². The molecule has 0 saturated heterocycles. The zero-order valence-electron chi connectivity index (χ0n) is 10.0. The minimum absolute atomic E-state index is 0.00404. The molecule has 5 nitrogen and oxygen atoms in total. The minimum Gasteiger partial charge on any atom is -0.481 e. The number of carbonyl (C=O) groups is 2. The summed E-state index contributed by atoms with van der Waals surface area (Å²) in [5.41, 5.74) is 0. The van der Waals surface area contributed by atoms with Crippen molar-refractivity contribution in [2.75, 3.05) is 6.54 Å². The molecular weight excluding hydrogens is 246 g/mol. The van der Waals surface area contributed by atoms with E-state index in [2.05, 4.69) is 10.6 Å². The van der Waals surface area contributed by atoms with Gasteiger partial charge in [-0.15, -0.1) is 0 Å². The average Bonchev–Trinajstić information content (AvgIpc) is 2.27. The standard InChI is InChI=1S/C11H18F2N2O3/c12-11(13)5-3-8(4-6-11)15-10(18)14-7-1-2-9(16)17/h8H,1-7H2,(H,16,17)(H2,14,15,18). The van der Waals surface area contributed by atoms with Crippen LogP contribution in [0.2, 0.25) is 0 Å². The van der Waals surface area contributed by atoms with Gasteiger partial charge in [0.25, 0.3) is 0 Å². The van der Waals surface area contributed by atoms with E-state index in [-0.39, 0.29) is 44.7 Å². The zero-order valence-corrected chi connectivity index (χ0v) is 10.0. The van der Waals surface area contributed by atoms with Gasteiger partial charge in [-0.2, -0.15) is 0 Å². The molecule has 0 unspecified atom stereocenters. The number of carboxylic acids is 1. The summed E-state index contributed by atoms with van der Waals surface area (Å²) in [5.74, 6) is -3.51. The summed E-state index contributed by atoms with van der Waals surface area (Å²) in [7, 11) is 0. The summed E-state index contributed by atoms with van der Waals surface area (Å²) in [4.78, 5) is 21.6. The molecule has 0 heterocycles. The molecule has 1 aliphatic rings. The molecule has 0 atom stereocenters. The third-order valence-corrected chi connectivity index (χ3v) is 2.91. The second-order valence-corrected chi connectivity index (χ2v) is 4.53. The molecule has 0 aliphatic heterocycles. The van der Waals surface area contributed by atoms with E-state index in [4.69, 9.17) is 5.11 Å². The predicted octanol–water partition coefficient (Wildman–Crippen LogP) is 1.73. The summed E-state index contributed by atoms with van der Waals surface area (Å²) in [5, 5.41) is 13.5. The molecule has 1 aliphatic carbocycles. The average molecular weight is 264 g/mol. The van der Waals surface area contributed by atoms with Gasteiger partial charge < -0.3 is 15.7 Å². The number of aliphatic carboxylic acids is 1. The Morgan fingerprint density at radius 2 is 1.89 bits per heavy atom. The normalized spacial score (nSPS) is 19.2. The van der Waals surface area contributed by atoms with Gasteiger partial charge in [0.05, 0.1) is 0 Å². The van der Waals surface area contributed by atoms with Gasteiger partial charge in [-0.3, -0.25) is 4.79 Å². The highest BCUT2D eigenvalue weighted by Crippen LogP contribution is 2.32. The van der Waals surface area contributed by atoms with E-state index in [0.717, 1.165) is 0 Å². The van der Waals surface area contributed by atoms with Crippen molar-refractivity contribution in [2.24, 2.45) is 0 Å².